The van der Waals surface area contributed by atoms with Crippen LogP contribution in [0, 0.1) is 10.8 Å². The number of aliphatic imine (C=N–C) groups is 1. The maximum atomic E-state index is 14.8. The minimum Gasteiger partial charge on any atom is -0.454 e. The fraction of sp³-hybridized carbons (Fsp3) is 0.508. The van der Waals surface area contributed by atoms with Crippen LogP contribution in [0.2, 0.25) is 0 Å². The number of carbonyl (C=O) groups is 5. The largest absolute Gasteiger partial charge is 0.454 e. The first kappa shape index (κ1) is 54.4. The van der Waals surface area contributed by atoms with Gasteiger partial charge in [0, 0.05) is 44.4 Å². The number of hydrogen-bond donors (Lipinski definition) is 3. The number of amides is 5. The summed E-state index contributed by atoms with van der Waals surface area (Å²) in [5, 5.41) is 5.70. The number of carbonyl (C=O) groups excluding carboxylic acids is 5. The summed E-state index contributed by atoms with van der Waals surface area (Å²) in [4.78, 5) is 87.0. The van der Waals surface area contributed by atoms with E-state index in [1.54, 1.807) is 57.5 Å². The third-order valence-electron chi connectivity index (χ3n) is 14.4. The number of ether oxygens (including phenoxy) is 5. The molecule has 0 radical (unpaired) electrons. The number of aromatic amines is 1. The molecule has 1 aromatic heterocycles. The molecule has 0 saturated carbocycles. The topological polar surface area (TPSA) is 206 Å². The number of alkyl carbamates (subject to hydrolysis) is 2. The number of likely N-dealkylation sites (tertiary alicyclic amines) is 2. The van der Waals surface area contributed by atoms with Gasteiger partial charge in [-0.1, -0.05) is 90.1 Å². The number of fused-ring (bicyclic) bond motifs is 2. The van der Waals surface area contributed by atoms with Crippen LogP contribution in [0.15, 0.2) is 78.1 Å². The Bertz CT molecular complexity index is 2940. The predicted octanol–water partition coefficient (Wildman–Crippen LogP) is 10.3. The van der Waals surface area contributed by atoms with E-state index in [4.69, 9.17) is 33.7 Å². The summed E-state index contributed by atoms with van der Waals surface area (Å²) in [6.45, 7) is 23.7. The van der Waals surface area contributed by atoms with Crippen molar-refractivity contribution in [3.8, 4) is 33.9 Å². The number of nitrogens with one attached hydrogen (secondary N) is 3. The van der Waals surface area contributed by atoms with Gasteiger partial charge in [-0.05, 0) is 116 Å². The van der Waals surface area contributed by atoms with Gasteiger partial charge < -0.3 is 49.1 Å². The minimum atomic E-state index is -0.953. The number of H-pyrrole nitrogens is 1. The van der Waals surface area contributed by atoms with E-state index in [-0.39, 0.29) is 31.2 Å². The van der Waals surface area contributed by atoms with E-state index >= 15 is 0 Å². The predicted molar refractivity (Wildman–Crippen MR) is 291 cm³/mol. The van der Waals surface area contributed by atoms with Crippen molar-refractivity contribution in [1.82, 2.24) is 35.3 Å². The van der Waals surface area contributed by atoms with E-state index in [9.17, 15) is 24.0 Å². The Labute approximate surface area is 451 Å². The average molecular weight is 1060 g/mol. The second-order valence-electron chi connectivity index (χ2n) is 24.9. The van der Waals surface area contributed by atoms with Gasteiger partial charge in [-0.2, -0.15) is 0 Å². The second kappa shape index (κ2) is 20.9. The summed E-state index contributed by atoms with van der Waals surface area (Å²) in [6, 6.07) is 17.8. The van der Waals surface area contributed by atoms with Crippen LogP contribution in [0.1, 0.15) is 137 Å². The zero-order valence-electron chi connectivity index (χ0n) is 46.5. The fourth-order valence-electron chi connectivity index (χ4n) is 10.6. The Morgan fingerprint density at radius 1 is 0.688 bits per heavy atom. The standard InChI is InChI=1S/C59H74N8O10/c1-56(2,3)48(63-53(70)76-58(7,8)9)51(68)66-23-13-14-44(66)50-61-29-43(62-50)37-21-19-35(20-22-37)34-15-17-36(18-16-34)38-24-42(60-28-38)45-27-41(32-67(45)52(69)49(57(4,5)6)64-54(71)77-59(10,11)12)75-55(72)65-30-39-25-46-47(74-33-73-46)26-40(39)31-65/h15-22,25-26,28-29,41,44-45,48-49H,13-14,23-24,27,30-33H2,1-12H3,(H,61,62)(H,63,70)(H,64,71)/t41-,44+,45?,48-,49-/m1/s1. The van der Waals surface area contributed by atoms with Crippen LogP contribution in [0.5, 0.6) is 11.5 Å². The van der Waals surface area contributed by atoms with Crippen molar-refractivity contribution in [2.45, 2.75) is 163 Å². The molecule has 1 unspecified atom stereocenters. The third-order valence-corrected chi connectivity index (χ3v) is 14.4. The van der Waals surface area contributed by atoms with E-state index in [0.29, 0.717) is 49.8 Å². The molecule has 0 spiro atoms. The van der Waals surface area contributed by atoms with Crippen molar-refractivity contribution in [2.24, 2.45) is 15.8 Å². The van der Waals surface area contributed by atoms with Crippen LogP contribution in [0.3, 0.4) is 0 Å². The number of hydrogen-bond acceptors (Lipinski definition) is 12. The molecule has 4 aromatic rings. The summed E-state index contributed by atoms with van der Waals surface area (Å²) in [7, 11) is 0. The highest BCUT2D eigenvalue weighted by Gasteiger charge is 2.47. The summed E-state index contributed by atoms with van der Waals surface area (Å²) >= 11 is 0. The van der Waals surface area contributed by atoms with E-state index in [0.717, 1.165) is 63.2 Å². The molecule has 5 amide bonds. The molecule has 2 saturated heterocycles. The van der Waals surface area contributed by atoms with Gasteiger partial charge in [-0.25, -0.2) is 19.4 Å². The lowest BCUT2D eigenvalue weighted by Gasteiger charge is -2.36. The number of nitrogens with zero attached hydrogens (tertiary/aromatic N) is 5. The lowest BCUT2D eigenvalue weighted by Crippen LogP contribution is -2.57. The van der Waals surface area contributed by atoms with Crippen molar-refractivity contribution in [3.05, 3.63) is 95.6 Å². The lowest BCUT2D eigenvalue weighted by atomic mass is 9.85. The van der Waals surface area contributed by atoms with Gasteiger partial charge in [0.15, 0.2) is 11.5 Å². The highest BCUT2D eigenvalue weighted by Crippen LogP contribution is 2.40. The number of benzene rings is 3. The van der Waals surface area contributed by atoms with Gasteiger partial charge in [0.05, 0.1) is 30.5 Å². The van der Waals surface area contributed by atoms with Gasteiger partial charge in [0.1, 0.15) is 35.2 Å². The molecule has 0 bridgehead atoms. The zero-order valence-corrected chi connectivity index (χ0v) is 46.5. The van der Waals surface area contributed by atoms with Crippen molar-refractivity contribution < 1.29 is 47.7 Å². The molecule has 18 heteroatoms. The van der Waals surface area contributed by atoms with Gasteiger partial charge in [-0.15, -0.1) is 0 Å². The maximum absolute atomic E-state index is 14.8. The zero-order chi connectivity index (χ0) is 55.4. The van der Waals surface area contributed by atoms with E-state index < -0.39 is 64.5 Å². The summed E-state index contributed by atoms with van der Waals surface area (Å²) in [6.07, 6.45) is 3.56. The van der Waals surface area contributed by atoms with Crippen LogP contribution < -0.4 is 20.1 Å². The normalized spacial score (nSPS) is 20.1. The SMILES string of the molecule is CC(C)(C)OC(=O)N[C@H](C(=O)N1C[C@H](OC(=O)N2Cc3cc4c(cc3C2)OCO4)CC1C1=NC=C(c2ccc(-c3ccc(-c4cnc([C@@H]5CCCN5C(=O)[C@@H](NC(=O)OC(C)(C)C)C(C)(C)C)[nH]4)cc3)cc2)C1)C(C)(C)C. The van der Waals surface area contributed by atoms with Crippen LogP contribution in [-0.4, -0.2) is 116 Å². The Balaban J connectivity index is 0.856. The molecule has 3 N–H and O–H groups in total. The van der Waals surface area contributed by atoms with Crippen LogP contribution in [0.25, 0.3) is 28.0 Å². The Morgan fingerprint density at radius 2 is 1.21 bits per heavy atom. The van der Waals surface area contributed by atoms with Gasteiger partial charge in [0.2, 0.25) is 18.6 Å². The first-order valence-electron chi connectivity index (χ1n) is 26.7. The van der Waals surface area contributed by atoms with Crippen molar-refractivity contribution >= 4 is 41.4 Å². The van der Waals surface area contributed by atoms with Crippen LogP contribution >= 0.6 is 0 Å². The van der Waals surface area contributed by atoms with Crippen LogP contribution in [0.4, 0.5) is 14.4 Å². The first-order chi connectivity index (χ1) is 36.2. The van der Waals surface area contributed by atoms with Crippen molar-refractivity contribution in [2.75, 3.05) is 19.9 Å². The van der Waals surface area contributed by atoms with E-state index in [1.807, 2.05) is 76.9 Å². The van der Waals surface area contributed by atoms with E-state index in [1.165, 1.54) is 0 Å². The van der Waals surface area contributed by atoms with Crippen molar-refractivity contribution in [3.63, 3.8) is 0 Å². The lowest BCUT2D eigenvalue weighted by molar-refractivity contribution is -0.137. The third kappa shape index (κ3) is 12.4. The quantitative estimate of drug-likeness (QED) is 0.127. The molecule has 5 aliphatic rings. The molecule has 77 heavy (non-hydrogen) atoms. The Hall–Kier alpha value is -7.37. The van der Waals surface area contributed by atoms with Crippen molar-refractivity contribution in [1.29, 1.82) is 0 Å². The highest BCUT2D eigenvalue weighted by atomic mass is 16.7. The number of allylic oxidation sites excluding steroid dienone is 1. The highest BCUT2D eigenvalue weighted by molar-refractivity contribution is 6.04. The summed E-state index contributed by atoms with van der Waals surface area (Å²) in [5.41, 5.74) is 5.74. The molecule has 0 aliphatic carbocycles. The molecule has 18 nitrogen and oxygen atoms in total. The number of aromatic nitrogens is 2. The summed E-state index contributed by atoms with van der Waals surface area (Å²) < 4.78 is 28.4. The molecular weight excluding hydrogens is 981 g/mol. The first-order valence-corrected chi connectivity index (χ1v) is 26.7. The van der Waals surface area contributed by atoms with Gasteiger partial charge >= 0.3 is 18.3 Å². The van der Waals surface area contributed by atoms with Gasteiger partial charge in [-0.3, -0.25) is 19.5 Å². The molecule has 9 rings (SSSR count). The molecule has 5 atom stereocenters. The second-order valence-corrected chi connectivity index (χ2v) is 24.9. The smallest absolute Gasteiger partial charge is 0.410 e. The Morgan fingerprint density at radius 3 is 1.74 bits per heavy atom. The Kier molecular flexibility index (Phi) is 14.8. The van der Waals surface area contributed by atoms with Crippen LogP contribution in [-0.2, 0) is 36.9 Å². The maximum Gasteiger partial charge on any atom is 0.410 e. The molecule has 410 valence electrons. The molecular formula is C59H74N8O10. The molecule has 6 heterocycles. The monoisotopic (exact) mass is 1050 g/mol. The average Bonchev–Trinajstić information content (AvgIpc) is 4.23. The number of rotatable bonds is 10. The van der Waals surface area contributed by atoms with Gasteiger partial charge in [0.25, 0.3) is 0 Å². The number of imidazole rings is 1. The minimum absolute atomic E-state index is 0.118. The fourth-order valence-corrected chi connectivity index (χ4v) is 10.6. The summed E-state index contributed by atoms with van der Waals surface area (Å²) in [5.74, 6) is 1.52. The molecule has 5 aliphatic heterocycles. The van der Waals surface area contributed by atoms with E-state index in [2.05, 4.69) is 52.0 Å². The molecule has 2 fully saturated rings. The molecule has 3 aromatic carbocycles.